The molecule has 5 rings (SSSR count). The normalized spacial score (nSPS) is 13.6. The van der Waals surface area contributed by atoms with E-state index in [0.717, 1.165) is 60.0 Å². The van der Waals surface area contributed by atoms with Crippen LogP contribution in [0.1, 0.15) is 36.2 Å². The number of benzene rings is 2. The maximum Gasteiger partial charge on any atom is 0.250 e. The molecule has 0 radical (unpaired) electrons. The lowest BCUT2D eigenvalue weighted by Gasteiger charge is -2.26. The second-order valence-electron chi connectivity index (χ2n) is 9.05. The molecule has 1 aliphatic rings. The Labute approximate surface area is 217 Å². The van der Waals surface area contributed by atoms with E-state index in [2.05, 4.69) is 60.2 Å². The molecular formula is C28H32N8O. The second-order valence-corrected chi connectivity index (χ2v) is 9.05. The Balaban J connectivity index is 1.37. The lowest BCUT2D eigenvalue weighted by Crippen LogP contribution is -2.31. The van der Waals surface area contributed by atoms with Crippen molar-refractivity contribution in [2.75, 3.05) is 35.8 Å². The Morgan fingerprint density at radius 1 is 0.892 bits per heavy atom. The molecular weight excluding hydrogens is 464 g/mol. The van der Waals surface area contributed by atoms with Crippen molar-refractivity contribution in [3.05, 3.63) is 77.6 Å². The van der Waals surface area contributed by atoms with Crippen LogP contribution in [0.2, 0.25) is 0 Å². The molecule has 2 aromatic carbocycles. The lowest BCUT2D eigenvalue weighted by atomic mass is 10.1. The Bertz CT molecular complexity index is 1360. The highest BCUT2D eigenvalue weighted by Crippen LogP contribution is 2.23. The van der Waals surface area contributed by atoms with Crippen LogP contribution in [-0.2, 0) is 0 Å². The molecule has 2 aromatic heterocycles. The smallest absolute Gasteiger partial charge is 0.250 e. The van der Waals surface area contributed by atoms with Gasteiger partial charge in [-0.3, -0.25) is 0 Å². The Kier molecular flexibility index (Phi) is 7.30. The summed E-state index contributed by atoms with van der Waals surface area (Å²) in [5, 5.41) is 7.76. The number of ether oxygens (including phenoxy) is 1. The minimum atomic E-state index is 0.397. The molecule has 3 heterocycles. The van der Waals surface area contributed by atoms with Crippen LogP contribution in [0.4, 0.5) is 23.5 Å². The van der Waals surface area contributed by atoms with E-state index in [1.165, 1.54) is 6.42 Å². The highest BCUT2D eigenvalue weighted by molar-refractivity contribution is 5.82. The van der Waals surface area contributed by atoms with Crippen LogP contribution in [0.15, 0.2) is 65.8 Å². The first kappa shape index (κ1) is 24.3. The number of aryl methyl sites for hydroxylation is 1. The molecule has 0 spiro atoms. The van der Waals surface area contributed by atoms with Gasteiger partial charge in [-0.1, -0.05) is 18.2 Å². The summed E-state index contributed by atoms with van der Waals surface area (Å²) in [6.45, 7) is 6.04. The molecule has 190 valence electrons. The van der Waals surface area contributed by atoms with Crippen molar-refractivity contribution in [2.45, 2.75) is 33.1 Å². The van der Waals surface area contributed by atoms with Gasteiger partial charge in [0.1, 0.15) is 5.75 Å². The Morgan fingerprint density at radius 2 is 1.62 bits per heavy atom. The molecule has 1 saturated heterocycles. The fraction of sp³-hybridized carbons (Fsp3) is 0.286. The Hall–Kier alpha value is -4.40. The summed E-state index contributed by atoms with van der Waals surface area (Å²) in [6, 6.07) is 20.0. The van der Waals surface area contributed by atoms with Gasteiger partial charge in [-0.05, 0) is 75.6 Å². The van der Waals surface area contributed by atoms with Crippen molar-refractivity contribution >= 4 is 29.7 Å². The van der Waals surface area contributed by atoms with E-state index in [0.29, 0.717) is 17.8 Å². The zero-order valence-electron chi connectivity index (χ0n) is 21.5. The third-order valence-electron chi connectivity index (χ3n) is 6.46. The molecule has 9 heteroatoms. The van der Waals surface area contributed by atoms with E-state index in [1.807, 2.05) is 54.6 Å². The van der Waals surface area contributed by atoms with E-state index in [1.54, 1.807) is 13.3 Å². The molecule has 0 bridgehead atoms. The third kappa shape index (κ3) is 5.72. The van der Waals surface area contributed by atoms with Gasteiger partial charge in [0.2, 0.25) is 17.8 Å². The monoisotopic (exact) mass is 496 g/mol. The summed E-state index contributed by atoms with van der Waals surface area (Å²) in [5.41, 5.74) is 8.22. The first-order chi connectivity index (χ1) is 18.1. The topological polar surface area (TPSA) is 92.5 Å². The van der Waals surface area contributed by atoms with Crippen LogP contribution in [0.3, 0.4) is 0 Å². The van der Waals surface area contributed by atoms with Crippen LogP contribution in [-0.4, -0.2) is 45.9 Å². The quantitative estimate of drug-likeness (QED) is 0.247. The zero-order valence-corrected chi connectivity index (χ0v) is 21.5. The number of hydrogen-bond donors (Lipinski definition) is 2. The molecule has 0 atom stereocenters. The molecule has 2 N–H and O–H groups in total. The Morgan fingerprint density at radius 3 is 2.35 bits per heavy atom. The van der Waals surface area contributed by atoms with E-state index in [-0.39, 0.29) is 0 Å². The molecule has 0 amide bonds. The molecule has 0 aliphatic carbocycles. The van der Waals surface area contributed by atoms with Crippen molar-refractivity contribution in [1.82, 2.24) is 19.5 Å². The predicted octanol–water partition coefficient (Wildman–Crippen LogP) is 5.47. The number of nitrogens with one attached hydrogen (secondary N) is 2. The average Bonchev–Trinajstić information content (AvgIpc) is 3.22. The van der Waals surface area contributed by atoms with Crippen molar-refractivity contribution < 1.29 is 4.74 Å². The molecule has 0 saturated carbocycles. The van der Waals surface area contributed by atoms with Crippen LogP contribution in [0, 0.1) is 13.8 Å². The number of piperidine rings is 1. The molecule has 9 nitrogen and oxygen atoms in total. The first-order valence-corrected chi connectivity index (χ1v) is 12.6. The number of hydrogen-bond acceptors (Lipinski definition) is 8. The number of nitrogens with zero attached hydrogens (tertiary/aromatic N) is 6. The number of anilines is 4. The van der Waals surface area contributed by atoms with Gasteiger partial charge in [-0.25, -0.2) is 5.43 Å². The van der Waals surface area contributed by atoms with E-state index >= 15 is 0 Å². The van der Waals surface area contributed by atoms with Crippen LogP contribution in [0.25, 0.3) is 5.69 Å². The van der Waals surface area contributed by atoms with Gasteiger partial charge in [0.25, 0.3) is 0 Å². The molecule has 37 heavy (non-hydrogen) atoms. The standard InChI is InChI=1S/C28H32N8O/c1-20-18-22(21(2)36(20)24-12-14-25(37-3)15-13-24)19-29-34-27-31-26(30-23-10-6-4-7-11-23)32-28(33-27)35-16-8-5-9-17-35/h4,6-7,10-15,18-19H,5,8-9,16-17H2,1-3H3,(H2,30,31,32,33,34)/b29-19+. The fourth-order valence-electron chi connectivity index (χ4n) is 4.56. The minimum Gasteiger partial charge on any atom is -0.497 e. The highest BCUT2D eigenvalue weighted by atomic mass is 16.5. The SMILES string of the molecule is COc1ccc(-n2c(C)cc(/C=N/Nc3nc(Nc4ccccc4)nc(N4CCCCC4)n3)c2C)cc1. The van der Waals surface area contributed by atoms with E-state index < -0.39 is 0 Å². The van der Waals surface area contributed by atoms with Gasteiger partial charge in [0.05, 0.1) is 13.3 Å². The van der Waals surface area contributed by atoms with Crippen molar-refractivity contribution in [3.63, 3.8) is 0 Å². The fourth-order valence-corrected chi connectivity index (χ4v) is 4.56. The predicted molar refractivity (Wildman–Crippen MR) is 149 cm³/mol. The van der Waals surface area contributed by atoms with Crippen LogP contribution < -0.4 is 20.4 Å². The van der Waals surface area contributed by atoms with Gasteiger partial charge in [0, 0.05) is 41.4 Å². The summed E-state index contributed by atoms with van der Waals surface area (Å²) >= 11 is 0. The van der Waals surface area contributed by atoms with Crippen molar-refractivity contribution in [3.8, 4) is 11.4 Å². The number of hydrazone groups is 1. The summed E-state index contributed by atoms with van der Waals surface area (Å²) in [6.07, 6.45) is 5.31. The number of aromatic nitrogens is 4. The van der Waals surface area contributed by atoms with E-state index in [9.17, 15) is 0 Å². The molecule has 1 fully saturated rings. The summed E-state index contributed by atoms with van der Waals surface area (Å²) in [4.78, 5) is 16.1. The lowest BCUT2D eigenvalue weighted by molar-refractivity contribution is 0.414. The molecule has 1 aliphatic heterocycles. The second kappa shape index (κ2) is 11.1. The highest BCUT2D eigenvalue weighted by Gasteiger charge is 2.16. The van der Waals surface area contributed by atoms with Gasteiger partial charge in [0.15, 0.2) is 0 Å². The van der Waals surface area contributed by atoms with Crippen molar-refractivity contribution in [1.29, 1.82) is 0 Å². The van der Waals surface area contributed by atoms with Crippen molar-refractivity contribution in [2.24, 2.45) is 5.10 Å². The minimum absolute atomic E-state index is 0.397. The van der Waals surface area contributed by atoms with Crippen LogP contribution in [0.5, 0.6) is 5.75 Å². The number of para-hydroxylation sites is 1. The van der Waals surface area contributed by atoms with Gasteiger partial charge in [-0.2, -0.15) is 20.1 Å². The summed E-state index contributed by atoms with van der Waals surface area (Å²) in [5.74, 6) is 2.37. The number of methoxy groups -OCH3 is 1. The van der Waals surface area contributed by atoms with E-state index in [4.69, 9.17) is 4.74 Å². The first-order valence-electron chi connectivity index (χ1n) is 12.6. The number of rotatable bonds is 8. The average molecular weight is 497 g/mol. The zero-order chi connectivity index (χ0) is 25.6. The molecule has 0 unspecified atom stereocenters. The van der Waals surface area contributed by atoms with Gasteiger partial charge >= 0.3 is 0 Å². The maximum atomic E-state index is 5.29. The maximum absolute atomic E-state index is 5.29. The largest absolute Gasteiger partial charge is 0.497 e. The third-order valence-corrected chi connectivity index (χ3v) is 6.46. The van der Waals surface area contributed by atoms with Crippen LogP contribution >= 0.6 is 0 Å². The van der Waals surface area contributed by atoms with Gasteiger partial charge < -0.3 is 19.5 Å². The van der Waals surface area contributed by atoms with Gasteiger partial charge in [-0.15, -0.1) is 0 Å². The summed E-state index contributed by atoms with van der Waals surface area (Å²) in [7, 11) is 1.67. The summed E-state index contributed by atoms with van der Waals surface area (Å²) < 4.78 is 7.49. The molecule has 4 aromatic rings.